The van der Waals surface area contributed by atoms with Crippen LogP contribution in [0.4, 0.5) is 0 Å². The van der Waals surface area contributed by atoms with Gasteiger partial charge in [0.05, 0.1) is 6.54 Å². The minimum atomic E-state index is 0.264. The molecule has 20 heavy (non-hydrogen) atoms. The maximum atomic E-state index is 12.3. The van der Waals surface area contributed by atoms with E-state index < -0.39 is 0 Å². The molecular weight excluding hydrogens is 250 g/mol. The number of hydrogen-bond acceptors (Lipinski definition) is 3. The zero-order chi connectivity index (χ0) is 14.5. The van der Waals surface area contributed by atoms with Gasteiger partial charge in [0, 0.05) is 38.3 Å². The second kappa shape index (κ2) is 7.41. The number of likely N-dealkylation sites (tertiary alicyclic amines) is 1. The van der Waals surface area contributed by atoms with Crippen molar-refractivity contribution in [1.82, 2.24) is 15.1 Å². The number of likely N-dealkylation sites (N-methyl/N-ethyl adjacent to an activating group) is 1. The molecule has 0 aromatic heterocycles. The van der Waals surface area contributed by atoms with Crippen molar-refractivity contribution in [1.29, 1.82) is 0 Å². The number of nitrogens with zero attached hydrogens (tertiary/aromatic N) is 2. The molecule has 1 amide bonds. The lowest BCUT2D eigenvalue weighted by atomic mass is 10.0. The minimum absolute atomic E-state index is 0.264. The first-order chi connectivity index (χ1) is 9.58. The second-order valence-electron chi connectivity index (χ2n) is 6.73. The van der Waals surface area contributed by atoms with Crippen LogP contribution in [0.25, 0.3) is 0 Å². The number of carbonyl (C=O) groups excluding carboxylic acids is 1. The smallest absolute Gasteiger partial charge is 0.236 e. The molecule has 1 saturated carbocycles. The molecule has 0 atom stereocenters. The molecule has 1 saturated heterocycles. The van der Waals surface area contributed by atoms with Crippen LogP contribution >= 0.6 is 0 Å². The van der Waals surface area contributed by atoms with Gasteiger partial charge in [0.15, 0.2) is 0 Å². The third-order valence-electron chi connectivity index (χ3n) is 5.07. The standard InChI is InChI=1S/C16H31N3O/c1-13(2)19-10-8-15(9-11-19)18(3)16(20)12-17-14-6-4-5-7-14/h13-15,17H,4-12H2,1-3H3. The summed E-state index contributed by atoms with van der Waals surface area (Å²) in [4.78, 5) is 16.8. The molecule has 2 fully saturated rings. The van der Waals surface area contributed by atoms with Gasteiger partial charge in [-0.3, -0.25) is 4.79 Å². The molecule has 0 unspecified atom stereocenters. The number of nitrogens with one attached hydrogen (secondary N) is 1. The Hall–Kier alpha value is -0.610. The van der Waals surface area contributed by atoms with Gasteiger partial charge in [-0.1, -0.05) is 12.8 Å². The molecule has 1 N–H and O–H groups in total. The van der Waals surface area contributed by atoms with Crippen LogP contribution in [0.2, 0.25) is 0 Å². The highest BCUT2D eigenvalue weighted by molar-refractivity contribution is 5.78. The average Bonchev–Trinajstić information content (AvgIpc) is 2.97. The van der Waals surface area contributed by atoms with Crippen LogP contribution in [-0.2, 0) is 4.79 Å². The van der Waals surface area contributed by atoms with E-state index in [1.165, 1.54) is 25.7 Å². The van der Waals surface area contributed by atoms with Gasteiger partial charge in [-0.25, -0.2) is 0 Å². The SMILES string of the molecule is CC(C)N1CCC(N(C)C(=O)CNC2CCCC2)CC1. The maximum Gasteiger partial charge on any atom is 0.236 e. The zero-order valence-corrected chi connectivity index (χ0v) is 13.4. The Bertz CT molecular complexity index is 305. The van der Waals surface area contributed by atoms with E-state index in [0.29, 0.717) is 24.7 Å². The predicted octanol–water partition coefficient (Wildman–Crippen LogP) is 1.85. The van der Waals surface area contributed by atoms with E-state index in [1.54, 1.807) is 0 Å². The molecular formula is C16H31N3O. The normalized spacial score (nSPS) is 22.6. The van der Waals surface area contributed by atoms with Crippen molar-refractivity contribution in [3.8, 4) is 0 Å². The summed E-state index contributed by atoms with van der Waals surface area (Å²) in [5.41, 5.74) is 0. The summed E-state index contributed by atoms with van der Waals surface area (Å²) in [7, 11) is 1.98. The van der Waals surface area contributed by atoms with E-state index in [2.05, 4.69) is 24.1 Å². The van der Waals surface area contributed by atoms with Crippen molar-refractivity contribution < 1.29 is 4.79 Å². The largest absolute Gasteiger partial charge is 0.342 e. The molecule has 0 radical (unpaired) electrons. The van der Waals surface area contributed by atoms with E-state index in [1.807, 2.05) is 11.9 Å². The molecule has 0 aromatic rings. The first kappa shape index (κ1) is 15.8. The van der Waals surface area contributed by atoms with Crippen LogP contribution in [0, 0.1) is 0 Å². The highest BCUT2D eigenvalue weighted by Gasteiger charge is 2.26. The van der Waals surface area contributed by atoms with Gasteiger partial charge in [0.25, 0.3) is 0 Å². The summed E-state index contributed by atoms with van der Waals surface area (Å²) in [6.07, 6.45) is 7.34. The van der Waals surface area contributed by atoms with Crippen molar-refractivity contribution >= 4 is 5.91 Å². The summed E-state index contributed by atoms with van der Waals surface area (Å²) < 4.78 is 0. The van der Waals surface area contributed by atoms with Gasteiger partial charge in [-0.2, -0.15) is 0 Å². The van der Waals surface area contributed by atoms with E-state index in [-0.39, 0.29) is 5.91 Å². The van der Waals surface area contributed by atoms with Crippen LogP contribution in [0.15, 0.2) is 0 Å². The van der Waals surface area contributed by atoms with Gasteiger partial charge in [-0.15, -0.1) is 0 Å². The lowest BCUT2D eigenvalue weighted by molar-refractivity contribution is -0.132. The molecule has 1 aliphatic carbocycles. The minimum Gasteiger partial charge on any atom is -0.342 e. The second-order valence-corrected chi connectivity index (χ2v) is 6.73. The molecule has 116 valence electrons. The Kier molecular flexibility index (Phi) is 5.85. The summed E-state index contributed by atoms with van der Waals surface area (Å²) in [5, 5.41) is 3.43. The van der Waals surface area contributed by atoms with Crippen LogP contribution in [0.3, 0.4) is 0 Å². The van der Waals surface area contributed by atoms with Crippen LogP contribution in [0.5, 0.6) is 0 Å². The Labute approximate surface area is 123 Å². The summed E-state index contributed by atoms with van der Waals surface area (Å²) in [5.74, 6) is 0.264. The van der Waals surface area contributed by atoms with Crippen LogP contribution in [0.1, 0.15) is 52.4 Å². The topological polar surface area (TPSA) is 35.6 Å². The third-order valence-corrected chi connectivity index (χ3v) is 5.07. The number of amides is 1. The molecule has 0 spiro atoms. The van der Waals surface area contributed by atoms with Crippen molar-refractivity contribution in [2.75, 3.05) is 26.7 Å². The molecule has 0 aromatic carbocycles. The van der Waals surface area contributed by atoms with Gasteiger partial charge < -0.3 is 15.1 Å². The number of carbonyl (C=O) groups is 1. The summed E-state index contributed by atoms with van der Waals surface area (Å²) in [6.45, 7) is 7.26. The van der Waals surface area contributed by atoms with Gasteiger partial charge in [-0.05, 0) is 39.5 Å². The van der Waals surface area contributed by atoms with Gasteiger partial charge >= 0.3 is 0 Å². The molecule has 1 heterocycles. The summed E-state index contributed by atoms with van der Waals surface area (Å²) in [6, 6.07) is 1.64. The lowest BCUT2D eigenvalue weighted by Crippen LogP contribution is -2.49. The highest BCUT2D eigenvalue weighted by Crippen LogP contribution is 2.19. The van der Waals surface area contributed by atoms with Crippen molar-refractivity contribution in [2.24, 2.45) is 0 Å². The van der Waals surface area contributed by atoms with Crippen molar-refractivity contribution in [3.05, 3.63) is 0 Å². The lowest BCUT2D eigenvalue weighted by Gasteiger charge is -2.38. The highest BCUT2D eigenvalue weighted by atomic mass is 16.2. The fourth-order valence-electron chi connectivity index (χ4n) is 3.48. The Morgan fingerprint density at radius 3 is 2.35 bits per heavy atom. The summed E-state index contributed by atoms with van der Waals surface area (Å²) >= 11 is 0. The zero-order valence-electron chi connectivity index (χ0n) is 13.4. The fraction of sp³-hybridized carbons (Fsp3) is 0.938. The predicted molar refractivity (Wildman–Crippen MR) is 82.8 cm³/mol. The van der Waals surface area contributed by atoms with E-state index in [4.69, 9.17) is 0 Å². The molecule has 2 aliphatic rings. The fourth-order valence-corrected chi connectivity index (χ4v) is 3.48. The maximum absolute atomic E-state index is 12.3. The van der Waals surface area contributed by atoms with Crippen molar-refractivity contribution in [2.45, 2.75) is 70.5 Å². The Balaban J connectivity index is 1.70. The molecule has 4 nitrogen and oxygen atoms in total. The Morgan fingerprint density at radius 2 is 1.80 bits per heavy atom. The van der Waals surface area contributed by atoms with Crippen molar-refractivity contribution in [3.63, 3.8) is 0 Å². The molecule has 1 aliphatic heterocycles. The average molecular weight is 281 g/mol. The van der Waals surface area contributed by atoms with E-state index in [9.17, 15) is 4.79 Å². The van der Waals surface area contributed by atoms with E-state index >= 15 is 0 Å². The number of piperidine rings is 1. The molecule has 0 bridgehead atoms. The third kappa shape index (κ3) is 4.19. The van der Waals surface area contributed by atoms with Gasteiger partial charge in [0.1, 0.15) is 0 Å². The van der Waals surface area contributed by atoms with Gasteiger partial charge in [0.2, 0.25) is 5.91 Å². The first-order valence-electron chi connectivity index (χ1n) is 8.31. The van der Waals surface area contributed by atoms with Crippen LogP contribution < -0.4 is 5.32 Å². The monoisotopic (exact) mass is 281 g/mol. The Morgan fingerprint density at radius 1 is 1.20 bits per heavy atom. The van der Waals surface area contributed by atoms with Crippen LogP contribution in [-0.4, -0.2) is 60.5 Å². The molecule has 4 heteroatoms. The first-order valence-corrected chi connectivity index (χ1v) is 8.31. The number of rotatable bonds is 5. The quantitative estimate of drug-likeness (QED) is 0.835. The van der Waals surface area contributed by atoms with E-state index in [0.717, 1.165) is 25.9 Å². The number of hydrogen-bond donors (Lipinski definition) is 1. The molecule has 2 rings (SSSR count).